The predicted octanol–water partition coefficient (Wildman–Crippen LogP) is 4.75. The lowest BCUT2D eigenvalue weighted by Gasteiger charge is -2.24. The van der Waals surface area contributed by atoms with Crippen LogP contribution in [0.1, 0.15) is 34.6 Å². The summed E-state index contributed by atoms with van der Waals surface area (Å²) in [5, 5.41) is 3.40. The molecule has 0 aromatic heterocycles. The Hall–Kier alpha value is -0.810. The van der Waals surface area contributed by atoms with E-state index in [0.29, 0.717) is 5.17 Å². The molecule has 0 spiro atoms. The van der Waals surface area contributed by atoms with Crippen molar-refractivity contribution in [2.75, 3.05) is 5.32 Å². The molecule has 1 aromatic rings. The van der Waals surface area contributed by atoms with E-state index in [4.69, 9.17) is 21.7 Å². The van der Waals surface area contributed by atoms with Crippen molar-refractivity contribution in [2.45, 2.75) is 46.3 Å². The van der Waals surface area contributed by atoms with Crippen molar-refractivity contribution in [3.05, 3.63) is 22.7 Å². The largest absolute Gasteiger partial charge is 0.486 e. The lowest BCUT2D eigenvalue weighted by molar-refractivity contribution is 0.132. The van der Waals surface area contributed by atoms with Crippen molar-refractivity contribution in [1.82, 2.24) is 0 Å². The van der Waals surface area contributed by atoms with Gasteiger partial charge < -0.3 is 14.8 Å². The third kappa shape index (κ3) is 6.25. The number of nitrogens with one attached hydrogen (secondary N) is 1. The molecular formula is C14H20BrNO2S. The average Bonchev–Trinajstić information content (AvgIpc) is 2.19. The van der Waals surface area contributed by atoms with Gasteiger partial charge in [0.1, 0.15) is 11.4 Å². The smallest absolute Gasteiger partial charge is 0.261 e. The van der Waals surface area contributed by atoms with E-state index in [-0.39, 0.29) is 11.7 Å². The van der Waals surface area contributed by atoms with Gasteiger partial charge in [-0.3, -0.25) is 0 Å². The molecule has 0 bridgehead atoms. The Balaban J connectivity index is 2.91. The fraction of sp³-hybridized carbons (Fsp3) is 0.500. The molecule has 1 aromatic carbocycles. The molecule has 1 N–H and O–H groups in total. The Morgan fingerprint density at radius 3 is 2.47 bits per heavy atom. The zero-order valence-corrected chi connectivity index (χ0v) is 14.3. The molecule has 0 fully saturated rings. The van der Waals surface area contributed by atoms with Gasteiger partial charge in [-0.25, -0.2) is 0 Å². The summed E-state index contributed by atoms with van der Waals surface area (Å²) in [5.41, 5.74) is 0.514. The van der Waals surface area contributed by atoms with Crippen LogP contribution in [0, 0.1) is 0 Å². The first kappa shape index (κ1) is 16.2. The van der Waals surface area contributed by atoms with Crippen LogP contribution in [-0.2, 0) is 4.74 Å². The van der Waals surface area contributed by atoms with E-state index >= 15 is 0 Å². The summed E-state index contributed by atoms with van der Waals surface area (Å²) in [5.74, 6) is 0.741. The second-order valence-corrected chi connectivity index (χ2v) is 6.72. The van der Waals surface area contributed by atoms with E-state index in [2.05, 4.69) is 21.2 Å². The quantitative estimate of drug-likeness (QED) is 0.800. The number of benzene rings is 1. The van der Waals surface area contributed by atoms with Gasteiger partial charge in [-0.05, 0) is 65.0 Å². The molecule has 0 aliphatic rings. The maximum absolute atomic E-state index is 5.90. The third-order valence-corrected chi connectivity index (χ3v) is 2.63. The van der Waals surface area contributed by atoms with Crippen LogP contribution in [0.2, 0.25) is 0 Å². The Labute approximate surface area is 128 Å². The van der Waals surface area contributed by atoms with E-state index in [0.717, 1.165) is 15.9 Å². The van der Waals surface area contributed by atoms with Gasteiger partial charge in [0.15, 0.2) is 0 Å². The molecule has 0 unspecified atom stereocenters. The summed E-state index contributed by atoms with van der Waals surface area (Å²) in [4.78, 5) is 0. The molecule has 0 heterocycles. The minimum atomic E-state index is -0.273. The first-order chi connectivity index (χ1) is 8.67. The van der Waals surface area contributed by atoms with Crippen molar-refractivity contribution in [3.63, 3.8) is 0 Å². The van der Waals surface area contributed by atoms with Crippen molar-refractivity contribution in [3.8, 4) is 5.75 Å². The predicted molar refractivity (Wildman–Crippen MR) is 87.0 cm³/mol. The van der Waals surface area contributed by atoms with Crippen LogP contribution in [0.5, 0.6) is 5.75 Å². The highest BCUT2D eigenvalue weighted by molar-refractivity contribution is 9.10. The van der Waals surface area contributed by atoms with Crippen LogP contribution in [0.15, 0.2) is 22.7 Å². The van der Waals surface area contributed by atoms with E-state index in [1.165, 1.54) is 0 Å². The van der Waals surface area contributed by atoms with Crippen molar-refractivity contribution in [1.29, 1.82) is 0 Å². The lowest BCUT2D eigenvalue weighted by atomic mass is 10.2. The Morgan fingerprint density at radius 1 is 1.32 bits per heavy atom. The first-order valence-corrected chi connectivity index (χ1v) is 7.34. The fourth-order valence-electron chi connectivity index (χ4n) is 1.37. The Kier molecular flexibility index (Phi) is 5.62. The van der Waals surface area contributed by atoms with Crippen molar-refractivity contribution < 1.29 is 9.47 Å². The van der Waals surface area contributed by atoms with E-state index in [1.54, 1.807) is 0 Å². The molecule has 1 rings (SSSR count). The van der Waals surface area contributed by atoms with E-state index in [1.807, 2.05) is 52.8 Å². The number of hydrogen-bond acceptors (Lipinski definition) is 3. The number of thiocarbonyl (C=S) groups is 1. The molecule has 106 valence electrons. The topological polar surface area (TPSA) is 30.5 Å². The summed E-state index contributed by atoms with van der Waals surface area (Å²) < 4.78 is 12.3. The molecule has 0 aliphatic carbocycles. The minimum Gasteiger partial charge on any atom is -0.486 e. The maximum Gasteiger partial charge on any atom is 0.261 e. The monoisotopic (exact) mass is 345 g/mol. The van der Waals surface area contributed by atoms with E-state index in [9.17, 15) is 0 Å². The first-order valence-electron chi connectivity index (χ1n) is 6.13. The SMILES string of the molecule is CC(C)OC(=S)Nc1cc(Br)ccc1OC(C)(C)C. The summed E-state index contributed by atoms with van der Waals surface area (Å²) in [7, 11) is 0. The standard InChI is InChI=1S/C14H20BrNO2S/c1-9(2)17-13(19)16-11-8-10(15)6-7-12(11)18-14(3,4)5/h6-9H,1-5H3,(H,16,19). The second kappa shape index (κ2) is 6.57. The number of halogens is 1. The summed E-state index contributed by atoms with van der Waals surface area (Å²) in [6, 6.07) is 5.74. The Morgan fingerprint density at radius 2 is 1.95 bits per heavy atom. The summed E-state index contributed by atoms with van der Waals surface area (Å²) in [6.07, 6.45) is 0.0409. The number of ether oxygens (including phenoxy) is 2. The van der Waals surface area contributed by atoms with Crippen LogP contribution in [0.3, 0.4) is 0 Å². The van der Waals surface area contributed by atoms with Gasteiger partial charge in [0.25, 0.3) is 5.17 Å². The summed E-state index contributed by atoms with van der Waals surface area (Å²) >= 11 is 8.59. The molecular weight excluding hydrogens is 326 g/mol. The fourth-order valence-corrected chi connectivity index (χ4v) is 2.04. The number of anilines is 1. The zero-order valence-electron chi connectivity index (χ0n) is 11.9. The molecule has 5 heteroatoms. The summed E-state index contributed by atoms with van der Waals surface area (Å²) in [6.45, 7) is 9.87. The van der Waals surface area contributed by atoms with Crippen LogP contribution in [-0.4, -0.2) is 16.9 Å². The highest BCUT2D eigenvalue weighted by atomic mass is 79.9. The van der Waals surface area contributed by atoms with Gasteiger partial charge in [-0.15, -0.1) is 0 Å². The van der Waals surface area contributed by atoms with Crippen molar-refractivity contribution in [2.24, 2.45) is 0 Å². The molecule has 0 aliphatic heterocycles. The maximum atomic E-state index is 5.90. The molecule has 0 saturated carbocycles. The normalized spacial score (nSPS) is 11.3. The van der Waals surface area contributed by atoms with Gasteiger partial charge in [0.05, 0.1) is 11.8 Å². The van der Waals surface area contributed by atoms with Gasteiger partial charge in [0, 0.05) is 4.47 Å². The Bertz CT molecular complexity index is 455. The molecule has 0 radical (unpaired) electrons. The highest BCUT2D eigenvalue weighted by Gasteiger charge is 2.16. The van der Waals surface area contributed by atoms with Crippen LogP contribution >= 0.6 is 28.1 Å². The molecule has 0 atom stereocenters. The lowest BCUT2D eigenvalue weighted by Crippen LogP contribution is -2.24. The van der Waals surface area contributed by atoms with Crippen LogP contribution in [0.25, 0.3) is 0 Å². The molecule has 0 saturated heterocycles. The number of rotatable bonds is 3. The molecule has 0 amide bonds. The minimum absolute atomic E-state index is 0.0409. The highest BCUT2D eigenvalue weighted by Crippen LogP contribution is 2.31. The van der Waals surface area contributed by atoms with Gasteiger partial charge in [0.2, 0.25) is 0 Å². The molecule has 3 nitrogen and oxygen atoms in total. The van der Waals surface area contributed by atoms with Gasteiger partial charge >= 0.3 is 0 Å². The van der Waals surface area contributed by atoms with Gasteiger partial charge in [-0.2, -0.15) is 0 Å². The van der Waals surface area contributed by atoms with E-state index < -0.39 is 0 Å². The van der Waals surface area contributed by atoms with Crippen molar-refractivity contribution >= 4 is 39.0 Å². The van der Waals surface area contributed by atoms with Crippen LogP contribution < -0.4 is 10.1 Å². The van der Waals surface area contributed by atoms with Gasteiger partial charge in [-0.1, -0.05) is 15.9 Å². The second-order valence-electron chi connectivity index (χ2n) is 5.43. The average molecular weight is 346 g/mol. The van der Waals surface area contributed by atoms with Crippen LogP contribution in [0.4, 0.5) is 5.69 Å². The number of hydrogen-bond donors (Lipinski definition) is 1. The zero-order chi connectivity index (χ0) is 14.6. The molecule has 19 heavy (non-hydrogen) atoms. The third-order valence-electron chi connectivity index (χ3n) is 1.94.